The molecule has 0 saturated carbocycles. The Morgan fingerprint density at radius 1 is 0.962 bits per heavy atom. The molecule has 1 aliphatic heterocycles. The molecule has 0 aromatic heterocycles. The van der Waals surface area contributed by atoms with Crippen molar-refractivity contribution in [2.45, 2.75) is 13.0 Å². The quantitative estimate of drug-likeness (QED) is 0.806. The van der Waals surface area contributed by atoms with Crippen molar-refractivity contribution in [1.29, 1.82) is 0 Å². The maximum Gasteiger partial charge on any atom is 0.223 e. The lowest BCUT2D eigenvalue weighted by Gasteiger charge is -2.36. The van der Waals surface area contributed by atoms with Crippen molar-refractivity contribution < 1.29 is 13.6 Å². The van der Waals surface area contributed by atoms with Crippen LogP contribution in [0.1, 0.15) is 12.0 Å². The Morgan fingerprint density at radius 2 is 1.65 bits per heavy atom. The standard InChI is InChI=1S/C20H23F2N3O/c21-17-5-7-18(8-6-17)24-11-13-25(14-12-24)20(26)9-10-23-15-16-3-1-2-4-19(16)22/h1-8,23H,9-15H2. The van der Waals surface area contributed by atoms with E-state index >= 15 is 0 Å². The van der Waals surface area contributed by atoms with E-state index in [9.17, 15) is 13.6 Å². The maximum absolute atomic E-state index is 13.5. The summed E-state index contributed by atoms with van der Waals surface area (Å²) in [7, 11) is 0. The van der Waals surface area contributed by atoms with Crippen molar-refractivity contribution in [2.24, 2.45) is 0 Å². The van der Waals surface area contributed by atoms with Crippen LogP contribution < -0.4 is 10.2 Å². The lowest BCUT2D eigenvalue weighted by molar-refractivity contribution is -0.131. The molecule has 26 heavy (non-hydrogen) atoms. The minimum Gasteiger partial charge on any atom is -0.368 e. The zero-order chi connectivity index (χ0) is 18.4. The van der Waals surface area contributed by atoms with Crippen LogP contribution >= 0.6 is 0 Å². The molecule has 1 N–H and O–H groups in total. The zero-order valence-corrected chi connectivity index (χ0v) is 14.6. The second-order valence-corrected chi connectivity index (χ2v) is 6.36. The largest absolute Gasteiger partial charge is 0.368 e. The lowest BCUT2D eigenvalue weighted by Crippen LogP contribution is -2.49. The number of carbonyl (C=O) groups is 1. The van der Waals surface area contributed by atoms with E-state index in [4.69, 9.17) is 0 Å². The topological polar surface area (TPSA) is 35.6 Å². The van der Waals surface area contributed by atoms with Crippen LogP contribution in [0.4, 0.5) is 14.5 Å². The molecule has 0 unspecified atom stereocenters. The molecule has 0 radical (unpaired) electrons. The third-order valence-electron chi connectivity index (χ3n) is 4.61. The molecular weight excluding hydrogens is 336 g/mol. The molecule has 3 rings (SSSR count). The summed E-state index contributed by atoms with van der Waals surface area (Å²) in [6.45, 7) is 3.72. The summed E-state index contributed by atoms with van der Waals surface area (Å²) in [4.78, 5) is 16.3. The second kappa shape index (κ2) is 8.76. The fourth-order valence-corrected chi connectivity index (χ4v) is 3.08. The Balaban J connectivity index is 1.38. The number of benzene rings is 2. The van der Waals surface area contributed by atoms with Gasteiger partial charge in [-0.15, -0.1) is 0 Å². The van der Waals surface area contributed by atoms with Gasteiger partial charge in [-0.25, -0.2) is 8.78 Å². The van der Waals surface area contributed by atoms with Gasteiger partial charge in [0.05, 0.1) is 0 Å². The summed E-state index contributed by atoms with van der Waals surface area (Å²) >= 11 is 0. The van der Waals surface area contributed by atoms with Gasteiger partial charge < -0.3 is 15.1 Å². The van der Waals surface area contributed by atoms with Gasteiger partial charge in [-0.1, -0.05) is 18.2 Å². The van der Waals surface area contributed by atoms with E-state index in [0.29, 0.717) is 38.2 Å². The Bertz CT molecular complexity index is 728. The molecule has 0 atom stereocenters. The lowest BCUT2D eigenvalue weighted by atomic mass is 10.2. The first-order valence-electron chi connectivity index (χ1n) is 8.86. The number of nitrogens with one attached hydrogen (secondary N) is 1. The van der Waals surface area contributed by atoms with E-state index in [0.717, 1.165) is 18.8 Å². The van der Waals surface area contributed by atoms with Gasteiger partial charge in [-0.3, -0.25) is 4.79 Å². The molecule has 138 valence electrons. The van der Waals surface area contributed by atoms with Gasteiger partial charge >= 0.3 is 0 Å². The predicted octanol–water partition coefficient (Wildman–Crippen LogP) is 2.79. The van der Waals surface area contributed by atoms with Gasteiger partial charge in [0.15, 0.2) is 0 Å². The average Bonchev–Trinajstić information content (AvgIpc) is 2.67. The predicted molar refractivity (Wildman–Crippen MR) is 97.9 cm³/mol. The first-order chi connectivity index (χ1) is 12.6. The van der Waals surface area contributed by atoms with E-state index in [1.54, 1.807) is 30.3 Å². The number of carbonyl (C=O) groups excluding carboxylic acids is 1. The first-order valence-corrected chi connectivity index (χ1v) is 8.86. The SMILES string of the molecule is O=C(CCNCc1ccccc1F)N1CCN(c2ccc(F)cc2)CC1. The molecule has 0 aliphatic carbocycles. The number of piperazine rings is 1. The minimum atomic E-state index is -0.245. The molecule has 1 heterocycles. The highest BCUT2D eigenvalue weighted by Crippen LogP contribution is 2.17. The number of amides is 1. The number of halogens is 2. The first kappa shape index (κ1) is 18.3. The molecule has 2 aromatic carbocycles. The van der Waals surface area contributed by atoms with Crippen LogP contribution in [0.5, 0.6) is 0 Å². The molecule has 2 aromatic rings. The molecule has 6 heteroatoms. The number of hydrogen-bond donors (Lipinski definition) is 1. The summed E-state index contributed by atoms with van der Waals surface area (Å²) < 4.78 is 26.5. The molecule has 0 spiro atoms. The van der Waals surface area contributed by atoms with Crippen molar-refractivity contribution in [2.75, 3.05) is 37.6 Å². The van der Waals surface area contributed by atoms with Crippen LogP contribution in [0.15, 0.2) is 48.5 Å². The third kappa shape index (κ3) is 4.79. The van der Waals surface area contributed by atoms with Gasteiger partial charge in [0.25, 0.3) is 0 Å². The van der Waals surface area contributed by atoms with Gasteiger partial charge in [-0.05, 0) is 30.3 Å². The van der Waals surface area contributed by atoms with Crippen LogP contribution in [0, 0.1) is 11.6 Å². The fraction of sp³-hybridized carbons (Fsp3) is 0.350. The van der Waals surface area contributed by atoms with E-state index in [2.05, 4.69) is 10.2 Å². The number of anilines is 1. The summed E-state index contributed by atoms with van der Waals surface area (Å²) in [6, 6.07) is 13.1. The van der Waals surface area contributed by atoms with E-state index in [1.807, 2.05) is 4.90 Å². The van der Waals surface area contributed by atoms with Gasteiger partial charge in [0.2, 0.25) is 5.91 Å². The number of rotatable bonds is 6. The van der Waals surface area contributed by atoms with Crippen LogP contribution in [0.2, 0.25) is 0 Å². The minimum absolute atomic E-state index is 0.102. The monoisotopic (exact) mass is 359 g/mol. The van der Waals surface area contributed by atoms with Crippen molar-refractivity contribution >= 4 is 11.6 Å². The van der Waals surface area contributed by atoms with Crippen LogP contribution in [0.25, 0.3) is 0 Å². The van der Waals surface area contributed by atoms with Crippen molar-refractivity contribution in [3.63, 3.8) is 0 Å². The molecular formula is C20H23F2N3O. The van der Waals surface area contributed by atoms with E-state index in [-0.39, 0.29) is 17.5 Å². The highest BCUT2D eigenvalue weighted by atomic mass is 19.1. The number of nitrogens with zero attached hydrogens (tertiary/aromatic N) is 2. The van der Waals surface area contributed by atoms with Gasteiger partial charge in [-0.2, -0.15) is 0 Å². The number of hydrogen-bond acceptors (Lipinski definition) is 3. The maximum atomic E-state index is 13.5. The van der Waals surface area contributed by atoms with Gasteiger partial charge in [0.1, 0.15) is 11.6 Å². The summed E-state index contributed by atoms with van der Waals surface area (Å²) in [5, 5.41) is 3.12. The van der Waals surface area contributed by atoms with Gasteiger partial charge in [0, 0.05) is 56.9 Å². The van der Waals surface area contributed by atoms with Crippen LogP contribution in [0.3, 0.4) is 0 Å². The zero-order valence-electron chi connectivity index (χ0n) is 14.6. The van der Waals surface area contributed by atoms with Crippen molar-refractivity contribution in [3.8, 4) is 0 Å². The Kier molecular flexibility index (Phi) is 6.17. The summed E-state index contributed by atoms with van der Waals surface area (Å²) in [6.07, 6.45) is 0.394. The Hall–Kier alpha value is -2.47. The molecule has 1 amide bonds. The molecule has 4 nitrogen and oxygen atoms in total. The third-order valence-corrected chi connectivity index (χ3v) is 4.61. The Labute approximate surface area is 152 Å². The molecule has 1 saturated heterocycles. The smallest absolute Gasteiger partial charge is 0.223 e. The normalized spacial score (nSPS) is 14.5. The molecule has 1 aliphatic rings. The van der Waals surface area contributed by atoms with E-state index in [1.165, 1.54) is 18.2 Å². The molecule has 0 bridgehead atoms. The Morgan fingerprint density at radius 3 is 2.35 bits per heavy atom. The van der Waals surface area contributed by atoms with E-state index < -0.39 is 0 Å². The summed E-state index contributed by atoms with van der Waals surface area (Å²) in [5.41, 5.74) is 1.58. The summed E-state index contributed by atoms with van der Waals surface area (Å²) in [5.74, 6) is -0.376. The second-order valence-electron chi connectivity index (χ2n) is 6.36. The average molecular weight is 359 g/mol. The van der Waals surface area contributed by atoms with Crippen LogP contribution in [-0.2, 0) is 11.3 Å². The van der Waals surface area contributed by atoms with Crippen molar-refractivity contribution in [3.05, 3.63) is 65.7 Å². The molecule has 1 fully saturated rings. The fourth-order valence-electron chi connectivity index (χ4n) is 3.08. The van der Waals surface area contributed by atoms with Crippen molar-refractivity contribution in [1.82, 2.24) is 10.2 Å². The highest BCUT2D eigenvalue weighted by Gasteiger charge is 2.20. The highest BCUT2D eigenvalue weighted by molar-refractivity contribution is 5.76. The van der Waals surface area contributed by atoms with Crippen LogP contribution in [-0.4, -0.2) is 43.5 Å².